The number of hydrogen-bond donors (Lipinski definition) is 2. The third-order valence-corrected chi connectivity index (χ3v) is 12.7. The number of halogens is 5. The molecule has 5 aromatic rings. The van der Waals surface area contributed by atoms with Crippen LogP contribution in [-0.2, 0) is 24.0 Å². The molecule has 0 radical (unpaired) electrons. The van der Waals surface area contributed by atoms with Crippen molar-refractivity contribution in [3.05, 3.63) is 140 Å². The molecule has 0 saturated heterocycles. The van der Waals surface area contributed by atoms with Gasteiger partial charge >= 0.3 is 6.18 Å². The van der Waals surface area contributed by atoms with E-state index in [4.69, 9.17) is 26.3 Å². The Hall–Kier alpha value is -4.39. The van der Waals surface area contributed by atoms with Gasteiger partial charge in [-0.05, 0) is 116 Å². The molecule has 0 amide bonds. The van der Waals surface area contributed by atoms with Crippen LogP contribution in [0, 0.1) is 5.82 Å². The van der Waals surface area contributed by atoms with Gasteiger partial charge in [-0.25, -0.2) is 14.4 Å². The molecule has 6 nitrogen and oxygen atoms in total. The SMILES string of the molecule is CCCCCOC1=CCC(C)(Nc2nc(Cc3ccc(Cl)cc3CCCCCCCCN(C)c3ccc(Nc4nc(Cc5ccc(F)cc5)cs4)cc3)cs2)C=C1C(F)(F)F. The minimum atomic E-state index is -4.52. The molecule has 1 aliphatic carbocycles. The standard InChI is InChI=1S/C48H56ClF4N5OS2/c1-4-5-12-27-59-44-24-25-47(2,31-43(44)48(51,52)53)57-46-56-41(33-61-46)30-36-16-17-37(49)29-35(36)13-10-8-6-7-9-11-26-58(3)42-22-20-39(21-23-42)54-45-55-40(32-60-45)28-34-14-18-38(50)19-15-34/h14-24,29,31-33H,4-13,25-28,30H2,1-3H3,(H,54,55)(H,56,57). The number of hydrogen-bond acceptors (Lipinski definition) is 8. The molecule has 0 spiro atoms. The molecule has 2 heterocycles. The van der Waals surface area contributed by atoms with E-state index in [0.717, 1.165) is 79.3 Å². The van der Waals surface area contributed by atoms with E-state index < -0.39 is 17.3 Å². The molecular formula is C48H56ClF4N5OS2. The number of alkyl halides is 3. The lowest BCUT2D eigenvalue weighted by Gasteiger charge is -2.32. The first kappa shape index (κ1) is 46.1. The van der Waals surface area contributed by atoms with Crippen molar-refractivity contribution < 1.29 is 22.3 Å². The van der Waals surface area contributed by atoms with Crippen LogP contribution in [0.3, 0.4) is 0 Å². The highest BCUT2D eigenvalue weighted by Gasteiger charge is 2.42. The van der Waals surface area contributed by atoms with E-state index >= 15 is 0 Å². The van der Waals surface area contributed by atoms with Crippen LogP contribution in [0.5, 0.6) is 0 Å². The Bertz CT molecular complexity index is 2200. The van der Waals surface area contributed by atoms with Gasteiger partial charge in [-0.15, -0.1) is 22.7 Å². The topological polar surface area (TPSA) is 62.3 Å². The zero-order chi connectivity index (χ0) is 43.2. The number of benzene rings is 3. The number of thiazole rings is 2. The fourth-order valence-corrected chi connectivity index (χ4v) is 9.18. The lowest BCUT2D eigenvalue weighted by Crippen LogP contribution is -2.36. The summed E-state index contributed by atoms with van der Waals surface area (Å²) < 4.78 is 61.0. The molecule has 1 atom stereocenters. The van der Waals surface area contributed by atoms with Crippen molar-refractivity contribution in [2.24, 2.45) is 0 Å². The summed E-state index contributed by atoms with van der Waals surface area (Å²) in [6, 6.07) is 21.0. The Labute approximate surface area is 371 Å². The summed E-state index contributed by atoms with van der Waals surface area (Å²) in [6.45, 7) is 5.07. The first-order valence-corrected chi connectivity index (χ1v) is 23.4. The number of nitrogens with zero attached hydrogens (tertiary/aromatic N) is 3. The summed E-state index contributed by atoms with van der Waals surface area (Å²) in [6.07, 6.45) is 10.3. The number of anilines is 4. The monoisotopic (exact) mass is 893 g/mol. The number of rotatable bonds is 23. The highest BCUT2D eigenvalue weighted by atomic mass is 35.5. The van der Waals surface area contributed by atoms with Crippen LogP contribution in [0.1, 0.15) is 106 Å². The van der Waals surface area contributed by atoms with Gasteiger partial charge < -0.3 is 20.3 Å². The van der Waals surface area contributed by atoms with Crippen molar-refractivity contribution in [3.8, 4) is 0 Å². The number of allylic oxidation sites excluding steroid dienone is 1. The van der Waals surface area contributed by atoms with Gasteiger partial charge in [0.2, 0.25) is 0 Å². The summed E-state index contributed by atoms with van der Waals surface area (Å²) in [5, 5.41) is 12.8. The predicted molar refractivity (Wildman–Crippen MR) is 246 cm³/mol. The Morgan fingerprint density at radius 3 is 2.25 bits per heavy atom. The number of nitrogens with one attached hydrogen (secondary N) is 2. The van der Waals surface area contributed by atoms with Gasteiger partial charge in [0.15, 0.2) is 10.3 Å². The smallest absolute Gasteiger partial charge is 0.419 e. The maximum absolute atomic E-state index is 14.1. The van der Waals surface area contributed by atoms with E-state index in [1.807, 2.05) is 23.8 Å². The van der Waals surface area contributed by atoms with Gasteiger partial charge in [0.05, 0.1) is 29.1 Å². The zero-order valence-corrected chi connectivity index (χ0v) is 37.6. The van der Waals surface area contributed by atoms with Crippen LogP contribution in [0.4, 0.5) is 39.2 Å². The van der Waals surface area contributed by atoms with Crippen molar-refractivity contribution in [2.45, 2.75) is 109 Å². The summed E-state index contributed by atoms with van der Waals surface area (Å²) in [7, 11) is 2.14. The van der Waals surface area contributed by atoms with Gasteiger partial charge in [0.25, 0.3) is 0 Å². The fourth-order valence-electron chi connectivity index (χ4n) is 7.41. The van der Waals surface area contributed by atoms with E-state index in [0.29, 0.717) is 29.4 Å². The van der Waals surface area contributed by atoms with Crippen LogP contribution in [0.15, 0.2) is 101 Å². The van der Waals surface area contributed by atoms with Crippen LogP contribution < -0.4 is 15.5 Å². The molecule has 0 fully saturated rings. The molecule has 13 heteroatoms. The maximum atomic E-state index is 14.1. The number of aryl methyl sites for hydroxylation is 1. The lowest BCUT2D eigenvalue weighted by molar-refractivity contribution is -0.0949. The first-order chi connectivity index (χ1) is 29.4. The van der Waals surface area contributed by atoms with Gasteiger partial charge in [-0.1, -0.05) is 75.2 Å². The molecular weight excluding hydrogens is 838 g/mol. The molecule has 61 heavy (non-hydrogen) atoms. The van der Waals surface area contributed by atoms with Gasteiger partial charge in [0, 0.05) is 53.6 Å². The highest BCUT2D eigenvalue weighted by Crippen LogP contribution is 2.39. The predicted octanol–water partition coefficient (Wildman–Crippen LogP) is 14.5. The molecule has 0 bridgehead atoms. The van der Waals surface area contributed by atoms with Gasteiger partial charge in [-0.2, -0.15) is 13.2 Å². The van der Waals surface area contributed by atoms with Gasteiger partial charge in [-0.3, -0.25) is 0 Å². The molecule has 1 aliphatic rings. The molecule has 3 aromatic carbocycles. The Morgan fingerprint density at radius 1 is 0.820 bits per heavy atom. The minimum Gasteiger partial charge on any atom is -0.493 e. The van der Waals surface area contributed by atoms with E-state index in [-0.39, 0.29) is 18.2 Å². The summed E-state index contributed by atoms with van der Waals surface area (Å²) >= 11 is 9.41. The molecule has 6 rings (SSSR count). The van der Waals surface area contributed by atoms with Crippen molar-refractivity contribution in [1.29, 1.82) is 0 Å². The van der Waals surface area contributed by atoms with Crippen molar-refractivity contribution >= 4 is 55.9 Å². The van der Waals surface area contributed by atoms with Crippen LogP contribution >= 0.6 is 34.3 Å². The largest absolute Gasteiger partial charge is 0.493 e. The highest BCUT2D eigenvalue weighted by molar-refractivity contribution is 7.14. The average molecular weight is 895 g/mol. The fraction of sp³-hybridized carbons (Fsp3) is 0.417. The molecule has 2 N–H and O–H groups in total. The number of unbranched alkanes of at least 4 members (excludes halogenated alkanes) is 7. The second-order valence-electron chi connectivity index (χ2n) is 16.1. The van der Waals surface area contributed by atoms with E-state index in [1.54, 1.807) is 36.5 Å². The molecule has 326 valence electrons. The Morgan fingerprint density at radius 2 is 1.51 bits per heavy atom. The lowest BCUT2D eigenvalue weighted by atomic mass is 9.88. The van der Waals surface area contributed by atoms with E-state index in [9.17, 15) is 17.6 Å². The summed E-state index contributed by atoms with van der Waals surface area (Å²) in [4.78, 5) is 11.8. The molecule has 1 unspecified atom stereocenters. The van der Waals surface area contributed by atoms with Crippen molar-refractivity contribution in [3.63, 3.8) is 0 Å². The van der Waals surface area contributed by atoms with Gasteiger partial charge in [0.1, 0.15) is 11.6 Å². The second kappa shape index (κ2) is 22.1. The summed E-state index contributed by atoms with van der Waals surface area (Å²) in [5.74, 6) is -0.317. The molecule has 0 saturated carbocycles. The van der Waals surface area contributed by atoms with Crippen LogP contribution in [0.25, 0.3) is 0 Å². The second-order valence-corrected chi connectivity index (χ2v) is 18.2. The molecule has 2 aromatic heterocycles. The van der Waals surface area contributed by atoms with E-state index in [1.165, 1.54) is 65.6 Å². The maximum Gasteiger partial charge on any atom is 0.419 e. The average Bonchev–Trinajstić information content (AvgIpc) is 3.87. The zero-order valence-electron chi connectivity index (χ0n) is 35.2. The van der Waals surface area contributed by atoms with Crippen molar-refractivity contribution in [1.82, 2.24) is 9.97 Å². The molecule has 0 aliphatic heterocycles. The van der Waals surface area contributed by atoms with Crippen LogP contribution in [-0.4, -0.2) is 41.9 Å². The number of aromatic nitrogens is 2. The Balaban J connectivity index is 0.893. The third-order valence-electron chi connectivity index (χ3n) is 10.8. The normalized spacial score (nSPS) is 15.3. The first-order valence-electron chi connectivity index (χ1n) is 21.3. The van der Waals surface area contributed by atoms with Crippen molar-refractivity contribution in [2.75, 3.05) is 35.7 Å². The number of ether oxygens (including phenoxy) is 1. The quantitative estimate of drug-likeness (QED) is 0.0503. The van der Waals surface area contributed by atoms with E-state index in [2.05, 4.69) is 59.0 Å². The van der Waals surface area contributed by atoms with Crippen LogP contribution in [0.2, 0.25) is 5.02 Å². The Kier molecular flexibility index (Phi) is 16.7. The third kappa shape index (κ3) is 14.3. The summed E-state index contributed by atoms with van der Waals surface area (Å²) in [5.41, 5.74) is 5.71. The minimum absolute atomic E-state index is 0.0843.